The Morgan fingerprint density at radius 2 is 2.33 bits per heavy atom. The van der Waals surface area contributed by atoms with E-state index >= 15 is 0 Å². The van der Waals surface area contributed by atoms with Gasteiger partial charge in [-0.05, 0) is 6.42 Å². The first-order valence-electron chi connectivity index (χ1n) is 4.56. The molecule has 0 aliphatic carbocycles. The average Bonchev–Trinajstić information content (AvgIpc) is 2.00. The van der Waals surface area contributed by atoms with Crippen molar-refractivity contribution in [3.8, 4) is 0 Å². The molecule has 1 saturated heterocycles. The van der Waals surface area contributed by atoms with Crippen LogP contribution in [0.5, 0.6) is 0 Å². The van der Waals surface area contributed by atoms with E-state index in [0.717, 1.165) is 39.3 Å². The summed E-state index contributed by atoms with van der Waals surface area (Å²) in [5, 5.41) is 6.59. The zero-order valence-corrected chi connectivity index (χ0v) is 7.51. The molecule has 0 aromatic rings. The van der Waals surface area contributed by atoms with E-state index in [1.165, 1.54) is 0 Å². The second-order valence-electron chi connectivity index (χ2n) is 3.00. The molecular formula is C9H18N2O. The summed E-state index contributed by atoms with van der Waals surface area (Å²) < 4.78 is 5.34. The van der Waals surface area contributed by atoms with Crippen LogP contribution in [0.15, 0.2) is 12.7 Å². The summed E-state index contributed by atoms with van der Waals surface area (Å²) in [6.45, 7) is 8.40. The van der Waals surface area contributed by atoms with Crippen molar-refractivity contribution in [3.63, 3.8) is 0 Å². The lowest BCUT2D eigenvalue weighted by Crippen LogP contribution is -2.55. The molecule has 0 amide bonds. The van der Waals surface area contributed by atoms with Crippen LogP contribution in [0.25, 0.3) is 0 Å². The van der Waals surface area contributed by atoms with Crippen LogP contribution in [0.2, 0.25) is 0 Å². The number of ether oxygens (including phenoxy) is 1. The summed E-state index contributed by atoms with van der Waals surface area (Å²) in [6.07, 6.45) is 2.83. The van der Waals surface area contributed by atoms with Crippen molar-refractivity contribution in [1.29, 1.82) is 0 Å². The van der Waals surface area contributed by atoms with Gasteiger partial charge in [-0.1, -0.05) is 6.08 Å². The van der Waals surface area contributed by atoms with Gasteiger partial charge in [0.05, 0.1) is 13.2 Å². The molecule has 0 unspecified atom stereocenters. The molecule has 1 heterocycles. The monoisotopic (exact) mass is 170 g/mol. The topological polar surface area (TPSA) is 33.3 Å². The van der Waals surface area contributed by atoms with Crippen LogP contribution in [-0.2, 0) is 4.74 Å². The molecule has 0 spiro atoms. The number of rotatable bonds is 7. The Balaban J connectivity index is 1.73. The summed E-state index contributed by atoms with van der Waals surface area (Å²) in [5.74, 6) is 0. The lowest BCUT2D eigenvalue weighted by molar-refractivity contribution is 0.136. The molecule has 0 radical (unpaired) electrons. The summed E-state index contributed by atoms with van der Waals surface area (Å²) in [4.78, 5) is 0. The highest BCUT2D eigenvalue weighted by Crippen LogP contribution is 1.89. The third kappa shape index (κ3) is 3.85. The number of hydrogen-bond acceptors (Lipinski definition) is 3. The van der Waals surface area contributed by atoms with Gasteiger partial charge in [0.2, 0.25) is 0 Å². The lowest BCUT2D eigenvalue weighted by atomic mass is 10.2. The zero-order chi connectivity index (χ0) is 8.65. The Morgan fingerprint density at radius 1 is 1.50 bits per heavy atom. The van der Waals surface area contributed by atoms with Crippen LogP contribution in [-0.4, -0.2) is 38.9 Å². The van der Waals surface area contributed by atoms with Gasteiger partial charge in [0, 0.05) is 25.7 Å². The highest BCUT2D eigenvalue weighted by molar-refractivity contribution is 4.80. The van der Waals surface area contributed by atoms with Gasteiger partial charge in [-0.3, -0.25) is 0 Å². The van der Waals surface area contributed by atoms with Crippen molar-refractivity contribution in [2.45, 2.75) is 12.5 Å². The molecule has 0 aromatic carbocycles. The first-order chi connectivity index (χ1) is 5.93. The number of nitrogens with one attached hydrogen (secondary N) is 2. The summed E-state index contributed by atoms with van der Waals surface area (Å²) >= 11 is 0. The van der Waals surface area contributed by atoms with Gasteiger partial charge < -0.3 is 15.4 Å². The van der Waals surface area contributed by atoms with E-state index < -0.39 is 0 Å². The van der Waals surface area contributed by atoms with Crippen LogP contribution < -0.4 is 10.6 Å². The average molecular weight is 170 g/mol. The molecule has 12 heavy (non-hydrogen) atoms. The molecule has 3 nitrogen and oxygen atoms in total. The maximum atomic E-state index is 5.34. The second kappa shape index (κ2) is 6.17. The highest BCUT2D eigenvalue weighted by atomic mass is 16.5. The zero-order valence-electron chi connectivity index (χ0n) is 7.51. The molecule has 2 N–H and O–H groups in total. The minimum absolute atomic E-state index is 0.674. The third-order valence-electron chi connectivity index (χ3n) is 1.93. The van der Waals surface area contributed by atoms with Crippen LogP contribution in [0.1, 0.15) is 6.42 Å². The summed E-state index contributed by atoms with van der Waals surface area (Å²) in [6, 6.07) is 0.674. The second-order valence-corrected chi connectivity index (χ2v) is 3.00. The van der Waals surface area contributed by atoms with Gasteiger partial charge >= 0.3 is 0 Å². The Bertz CT molecular complexity index is 124. The van der Waals surface area contributed by atoms with E-state index in [1.807, 2.05) is 6.08 Å². The van der Waals surface area contributed by atoms with E-state index in [1.54, 1.807) is 0 Å². The van der Waals surface area contributed by atoms with Crippen molar-refractivity contribution < 1.29 is 4.74 Å². The molecule has 1 aliphatic rings. The lowest BCUT2D eigenvalue weighted by Gasteiger charge is -2.28. The van der Waals surface area contributed by atoms with Gasteiger partial charge in [-0.2, -0.15) is 0 Å². The smallest absolute Gasteiger partial charge is 0.0591 e. The minimum Gasteiger partial charge on any atom is -0.380 e. The van der Waals surface area contributed by atoms with Crippen LogP contribution in [0, 0.1) is 0 Å². The maximum absolute atomic E-state index is 5.34. The van der Waals surface area contributed by atoms with E-state index in [4.69, 9.17) is 4.74 Å². The molecule has 0 saturated carbocycles. The summed E-state index contributed by atoms with van der Waals surface area (Å²) in [7, 11) is 0. The van der Waals surface area contributed by atoms with Crippen molar-refractivity contribution in [2.24, 2.45) is 0 Å². The Kier molecular flexibility index (Phi) is 4.99. The SMILES string of the molecule is C=CCCOCCNC1CNC1. The molecule has 0 atom stereocenters. The van der Waals surface area contributed by atoms with E-state index in [0.29, 0.717) is 6.04 Å². The maximum Gasteiger partial charge on any atom is 0.0591 e. The minimum atomic E-state index is 0.674. The molecular weight excluding hydrogens is 152 g/mol. The standard InChI is InChI=1S/C9H18N2O/c1-2-3-5-12-6-4-11-9-7-10-8-9/h2,9-11H,1,3-8H2. The molecule has 0 bridgehead atoms. The normalized spacial score (nSPS) is 17.3. The Morgan fingerprint density at radius 3 is 2.92 bits per heavy atom. The first-order valence-corrected chi connectivity index (χ1v) is 4.56. The Hall–Kier alpha value is -0.380. The highest BCUT2D eigenvalue weighted by Gasteiger charge is 2.14. The van der Waals surface area contributed by atoms with Gasteiger partial charge in [0.15, 0.2) is 0 Å². The quantitative estimate of drug-likeness (QED) is 0.421. The Labute approximate surface area is 74.2 Å². The molecule has 1 aliphatic heterocycles. The third-order valence-corrected chi connectivity index (χ3v) is 1.93. The van der Waals surface area contributed by atoms with Crippen molar-refractivity contribution >= 4 is 0 Å². The predicted molar refractivity (Wildman–Crippen MR) is 50.3 cm³/mol. The fraction of sp³-hybridized carbons (Fsp3) is 0.778. The molecule has 1 rings (SSSR count). The van der Waals surface area contributed by atoms with E-state index in [9.17, 15) is 0 Å². The van der Waals surface area contributed by atoms with E-state index in [2.05, 4.69) is 17.2 Å². The molecule has 1 fully saturated rings. The van der Waals surface area contributed by atoms with Crippen molar-refractivity contribution in [2.75, 3.05) is 32.8 Å². The largest absolute Gasteiger partial charge is 0.380 e. The predicted octanol–water partition coefficient (Wildman–Crippen LogP) is 0.140. The fourth-order valence-electron chi connectivity index (χ4n) is 1.04. The van der Waals surface area contributed by atoms with Gasteiger partial charge in [-0.15, -0.1) is 6.58 Å². The van der Waals surface area contributed by atoms with Crippen LogP contribution in [0.3, 0.4) is 0 Å². The fourth-order valence-corrected chi connectivity index (χ4v) is 1.04. The summed E-state index contributed by atoms with van der Waals surface area (Å²) in [5.41, 5.74) is 0. The van der Waals surface area contributed by atoms with E-state index in [-0.39, 0.29) is 0 Å². The molecule has 70 valence electrons. The van der Waals surface area contributed by atoms with Crippen LogP contribution >= 0.6 is 0 Å². The molecule has 0 aromatic heterocycles. The van der Waals surface area contributed by atoms with Gasteiger partial charge in [0.1, 0.15) is 0 Å². The van der Waals surface area contributed by atoms with Crippen molar-refractivity contribution in [1.82, 2.24) is 10.6 Å². The van der Waals surface area contributed by atoms with Gasteiger partial charge in [0.25, 0.3) is 0 Å². The van der Waals surface area contributed by atoms with Gasteiger partial charge in [-0.25, -0.2) is 0 Å². The van der Waals surface area contributed by atoms with Crippen LogP contribution in [0.4, 0.5) is 0 Å². The first kappa shape index (κ1) is 9.71. The van der Waals surface area contributed by atoms with Crippen molar-refractivity contribution in [3.05, 3.63) is 12.7 Å². The number of hydrogen-bond donors (Lipinski definition) is 2. The molecule has 3 heteroatoms.